The zero-order valence-corrected chi connectivity index (χ0v) is 26.7. The van der Waals surface area contributed by atoms with Gasteiger partial charge in [0.05, 0.1) is 28.8 Å². The Bertz CT molecular complexity index is 1680. The van der Waals surface area contributed by atoms with Crippen LogP contribution in [-0.4, -0.2) is 44.4 Å². The molecule has 10 heteroatoms. The number of H-pyrrole nitrogens is 1. The number of carbonyl (C=O) groups excluding carboxylic acids is 1. The van der Waals surface area contributed by atoms with Crippen molar-refractivity contribution in [1.29, 1.82) is 0 Å². The van der Waals surface area contributed by atoms with Crippen LogP contribution < -0.4 is 10.1 Å². The average molecular weight is 626 g/mol. The Morgan fingerprint density at radius 2 is 1.84 bits per heavy atom. The number of benzene rings is 2. The number of nitrogens with one attached hydrogen (secondary N) is 2. The molecule has 5 rings (SSSR count). The second kappa shape index (κ2) is 12.6. The molecule has 0 spiro atoms. The Labute approximate surface area is 261 Å². The maximum atomic E-state index is 13.8. The number of amides is 1. The molecule has 0 radical (unpaired) electrons. The summed E-state index contributed by atoms with van der Waals surface area (Å²) in [5, 5.41) is 19.5. The number of carbonyl (C=O) groups is 2. The van der Waals surface area contributed by atoms with Crippen molar-refractivity contribution >= 4 is 46.0 Å². The van der Waals surface area contributed by atoms with Crippen LogP contribution in [0.3, 0.4) is 0 Å². The molecule has 0 unspecified atom stereocenters. The van der Waals surface area contributed by atoms with Gasteiger partial charge >= 0.3 is 5.97 Å². The highest BCUT2D eigenvalue weighted by Crippen LogP contribution is 2.40. The van der Waals surface area contributed by atoms with Crippen LogP contribution in [0.1, 0.15) is 70.7 Å². The molecule has 1 aliphatic rings. The second-order valence-electron chi connectivity index (χ2n) is 11.7. The Hall–Kier alpha value is -3.49. The van der Waals surface area contributed by atoms with E-state index in [2.05, 4.69) is 15.4 Å². The molecule has 0 bridgehead atoms. The molecule has 1 aliphatic carbocycles. The van der Waals surface area contributed by atoms with Crippen molar-refractivity contribution in [3.63, 3.8) is 0 Å². The summed E-state index contributed by atoms with van der Waals surface area (Å²) in [5.41, 5.74) is 7.62. The van der Waals surface area contributed by atoms with Gasteiger partial charge in [-0.2, -0.15) is 5.10 Å². The molecule has 2 atom stereocenters. The van der Waals surface area contributed by atoms with Crippen molar-refractivity contribution in [1.82, 2.24) is 20.1 Å². The number of hydrogen-bond donors (Lipinski definition) is 3. The third-order valence-corrected chi connectivity index (χ3v) is 9.54. The molecular weight excluding hydrogens is 587 g/mol. The highest BCUT2D eigenvalue weighted by Gasteiger charge is 2.30. The van der Waals surface area contributed by atoms with Crippen LogP contribution in [0.4, 0.5) is 0 Å². The number of carboxylic acid groups (broad SMARTS) is 1. The van der Waals surface area contributed by atoms with E-state index in [1.54, 1.807) is 0 Å². The van der Waals surface area contributed by atoms with E-state index in [4.69, 9.17) is 27.9 Å². The van der Waals surface area contributed by atoms with Crippen LogP contribution in [-0.2, 0) is 18.3 Å². The third kappa shape index (κ3) is 6.27. The van der Waals surface area contributed by atoms with Crippen LogP contribution in [0.25, 0.3) is 22.0 Å². The van der Waals surface area contributed by atoms with E-state index in [1.807, 2.05) is 63.7 Å². The van der Waals surface area contributed by atoms with Gasteiger partial charge in [-0.3, -0.25) is 14.3 Å². The number of halogens is 2. The van der Waals surface area contributed by atoms with E-state index in [9.17, 15) is 14.7 Å². The van der Waals surface area contributed by atoms with E-state index >= 15 is 0 Å². The quantitative estimate of drug-likeness (QED) is 0.167. The van der Waals surface area contributed by atoms with Gasteiger partial charge in [0.2, 0.25) is 0 Å². The fourth-order valence-electron chi connectivity index (χ4n) is 6.36. The van der Waals surface area contributed by atoms with Crippen LogP contribution >= 0.6 is 23.2 Å². The number of aliphatic carboxylic acids is 1. The molecule has 1 fully saturated rings. The molecule has 8 nitrogen and oxygen atoms in total. The minimum absolute atomic E-state index is 0.202. The van der Waals surface area contributed by atoms with Gasteiger partial charge in [0.25, 0.3) is 5.91 Å². The Balaban J connectivity index is 1.48. The van der Waals surface area contributed by atoms with E-state index in [0.29, 0.717) is 43.0 Å². The predicted octanol–water partition coefficient (Wildman–Crippen LogP) is 7.49. The summed E-state index contributed by atoms with van der Waals surface area (Å²) in [6, 6.07) is 7.49. The summed E-state index contributed by atoms with van der Waals surface area (Å²) in [6.45, 7) is 8.32. The molecule has 2 aromatic carbocycles. The van der Waals surface area contributed by atoms with Gasteiger partial charge < -0.3 is 20.1 Å². The highest BCUT2D eigenvalue weighted by atomic mass is 35.5. The molecule has 3 N–H and O–H groups in total. The van der Waals surface area contributed by atoms with Crippen molar-refractivity contribution in [2.75, 3.05) is 6.61 Å². The Morgan fingerprint density at radius 1 is 1.12 bits per heavy atom. The zero-order valence-electron chi connectivity index (χ0n) is 25.2. The highest BCUT2D eigenvalue weighted by molar-refractivity contribution is 6.35. The number of nitrogens with zero attached hydrogens (tertiary/aromatic N) is 2. The molecular formula is C33H38Cl2N4O4. The maximum absolute atomic E-state index is 13.8. The lowest BCUT2D eigenvalue weighted by Crippen LogP contribution is -2.40. The Morgan fingerprint density at radius 3 is 2.49 bits per heavy atom. The first-order valence-electron chi connectivity index (χ1n) is 14.7. The number of hydrogen-bond acceptors (Lipinski definition) is 4. The van der Waals surface area contributed by atoms with Crippen LogP contribution in [0.5, 0.6) is 5.75 Å². The second-order valence-corrected chi connectivity index (χ2v) is 12.5. The van der Waals surface area contributed by atoms with Crippen molar-refractivity contribution in [3.05, 3.63) is 68.1 Å². The third-order valence-electron chi connectivity index (χ3n) is 8.63. The summed E-state index contributed by atoms with van der Waals surface area (Å²) >= 11 is 13.1. The minimum Gasteiger partial charge on any atom is -0.494 e. The first-order chi connectivity index (χ1) is 20.5. The predicted molar refractivity (Wildman–Crippen MR) is 171 cm³/mol. The van der Waals surface area contributed by atoms with Crippen LogP contribution in [0, 0.1) is 33.6 Å². The summed E-state index contributed by atoms with van der Waals surface area (Å²) in [4.78, 5) is 28.9. The molecule has 0 aliphatic heterocycles. The van der Waals surface area contributed by atoms with Crippen molar-refractivity contribution in [2.45, 2.75) is 72.3 Å². The molecule has 43 heavy (non-hydrogen) atoms. The fourth-order valence-corrected chi connectivity index (χ4v) is 6.72. The minimum atomic E-state index is -0.808. The summed E-state index contributed by atoms with van der Waals surface area (Å²) < 4.78 is 7.91. The Kier molecular flexibility index (Phi) is 9.09. The zero-order chi connectivity index (χ0) is 31.0. The molecule has 2 heterocycles. The average Bonchev–Trinajstić information content (AvgIpc) is 3.45. The van der Waals surface area contributed by atoms with Gasteiger partial charge in [0, 0.05) is 40.3 Å². The molecule has 1 amide bonds. The van der Waals surface area contributed by atoms with Crippen molar-refractivity contribution < 1.29 is 19.4 Å². The number of rotatable bonds is 9. The summed E-state index contributed by atoms with van der Waals surface area (Å²) in [7, 11) is 1.90. The van der Waals surface area contributed by atoms with Gasteiger partial charge in [0.15, 0.2) is 0 Å². The summed E-state index contributed by atoms with van der Waals surface area (Å²) in [6.07, 6.45) is 3.84. The van der Waals surface area contributed by atoms with E-state index in [0.717, 1.165) is 73.7 Å². The monoisotopic (exact) mass is 624 g/mol. The van der Waals surface area contributed by atoms with Crippen LogP contribution in [0.2, 0.25) is 10.0 Å². The maximum Gasteiger partial charge on any atom is 0.306 e. The van der Waals surface area contributed by atoms with E-state index in [-0.39, 0.29) is 11.9 Å². The normalized spacial score (nSPS) is 16.9. The number of aromatic nitrogens is 3. The number of ether oxygens (including phenoxy) is 1. The molecule has 1 saturated carbocycles. The standard InChI is InChI=1S/C33H38Cl2N4O4/c1-17-14-23(15-18(2)29(17)35)43-13-7-10-24-25-11-12-26(34)28(27-19(3)38-39(5)20(27)4)30(25)37-31(24)32(40)36-22-9-6-8-21(16-22)33(41)42/h11-12,14-15,21-22,37H,6-10,13,16H2,1-5H3,(H,36,40)(H,41,42)/t21-,22+/m1/s1. The van der Waals surface area contributed by atoms with Gasteiger partial charge in [-0.15, -0.1) is 0 Å². The molecule has 228 valence electrons. The van der Waals surface area contributed by atoms with Crippen molar-refractivity contribution in [3.8, 4) is 16.9 Å². The van der Waals surface area contributed by atoms with Gasteiger partial charge in [0.1, 0.15) is 11.4 Å². The molecule has 2 aromatic heterocycles. The SMILES string of the molecule is Cc1cc(OCCCc2c(C(=O)N[C@H]3CCC[C@@H](C(=O)O)C3)[nH]c3c(-c4c(C)nn(C)c4C)c(Cl)ccc23)cc(C)c1Cl. The lowest BCUT2D eigenvalue weighted by Gasteiger charge is -2.27. The fraction of sp³-hybridized carbons (Fsp3) is 0.424. The lowest BCUT2D eigenvalue weighted by molar-refractivity contribution is -0.143. The number of aromatic amines is 1. The van der Waals surface area contributed by atoms with Crippen LogP contribution in [0.15, 0.2) is 24.3 Å². The number of carboxylic acids is 1. The summed E-state index contributed by atoms with van der Waals surface area (Å²) in [5.74, 6) is -0.731. The molecule has 4 aromatic rings. The first kappa shape index (κ1) is 31.0. The molecule has 0 saturated heterocycles. The smallest absolute Gasteiger partial charge is 0.306 e. The first-order valence-corrected chi connectivity index (χ1v) is 15.5. The van der Waals surface area contributed by atoms with Crippen molar-refractivity contribution in [2.24, 2.45) is 13.0 Å². The largest absolute Gasteiger partial charge is 0.494 e. The van der Waals surface area contributed by atoms with E-state index < -0.39 is 11.9 Å². The number of aryl methyl sites for hydroxylation is 5. The number of fused-ring (bicyclic) bond motifs is 1. The topological polar surface area (TPSA) is 109 Å². The van der Waals surface area contributed by atoms with Gasteiger partial charge in [-0.25, -0.2) is 0 Å². The van der Waals surface area contributed by atoms with Gasteiger partial charge in [-0.05, 0) is 94.7 Å². The lowest BCUT2D eigenvalue weighted by atomic mass is 9.85. The van der Waals surface area contributed by atoms with E-state index in [1.165, 1.54) is 0 Å². The van der Waals surface area contributed by atoms with Gasteiger partial charge in [-0.1, -0.05) is 35.7 Å².